The van der Waals surface area contributed by atoms with Crippen molar-refractivity contribution in [3.8, 4) is 0 Å². The van der Waals surface area contributed by atoms with Gasteiger partial charge in [0.1, 0.15) is 6.04 Å². The molecular weight excluding hydrogens is 250 g/mol. The van der Waals surface area contributed by atoms with Crippen LogP contribution in [0.5, 0.6) is 0 Å². The molecule has 0 saturated heterocycles. The molecule has 1 atom stereocenters. The van der Waals surface area contributed by atoms with Crippen LogP contribution >= 0.6 is 11.3 Å². The van der Waals surface area contributed by atoms with E-state index in [4.69, 9.17) is 5.11 Å². The predicted molar refractivity (Wildman–Crippen MR) is 70.8 cm³/mol. The van der Waals surface area contributed by atoms with Crippen molar-refractivity contribution < 1.29 is 14.7 Å². The molecule has 5 heteroatoms. The van der Waals surface area contributed by atoms with Crippen molar-refractivity contribution in [3.05, 3.63) is 35.2 Å². The highest BCUT2D eigenvalue weighted by Crippen LogP contribution is 2.26. The van der Waals surface area contributed by atoms with Gasteiger partial charge in [-0.15, -0.1) is 11.3 Å². The van der Waals surface area contributed by atoms with Crippen molar-refractivity contribution in [3.63, 3.8) is 0 Å². The molecule has 1 amide bonds. The number of benzene rings is 1. The van der Waals surface area contributed by atoms with E-state index >= 15 is 0 Å². The maximum atomic E-state index is 11.1. The zero-order valence-electron chi connectivity index (χ0n) is 9.84. The van der Waals surface area contributed by atoms with E-state index in [1.165, 1.54) is 6.92 Å². The van der Waals surface area contributed by atoms with Gasteiger partial charge in [-0.2, -0.15) is 0 Å². The van der Waals surface area contributed by atoms with Crippen molar-refractivity contribution in [2.24, 2.45) is 0 Å². The molecule has 2 aromatic rings. The number of carbonyl (C=O) groups excluding carboxylic acids is 1. The van der Waals surface area contributed by atoms with E-state index in [2.05, 4.69) is 5.32 Å². The average molecular weight is 263 g/mol. The van der Waals surface area contributed by atoms with Crippen LogP contribution in [0.15, 0.2) is 29.6 Å². The summed E-state index contributed by atoms with van der Waals surface area (Å²) in [5.74, 6) is -1.34. The topological polar surface area (TPSA) is 66.4 Å². The van der Waals surface area contributed by atoms with Crippen LogP contribution in [-0.4, -0.2) is 23.0 Å². The molecule has 4 nitrogen and oxygen atoms in total. The molecule has 1 heterocycles. The number of hydrogen-bond acceptors (Lipinski definition) is 3. The first kappa shape index (κ1) is 12.6. The van der Waals surface area contributed by atoms with Crippen LogP contribution in [0.3, 0.4) is 0 Å². The van der Waals surface area contributed by atoms with Gasteiger partial charge in [-0.1, -0.05) is 18.2 Å². The van der Waals surface area contributed by atoms with Gasteiger partial charge >= 0.3 is 5.97 Å². The van der Waals surface area contributed by atoms with Crippen molar-refractivity contribution in [1.82, 2.24) is 5.32 Å². The molecule has 2 N–H and O–H groups in total. The Morgan fingerprint density at radius 2 is 2.11 bits per heavy atom. The van der Waals surface area contributed by atoms with E-state index in [-0.39, 0.29) is 5.91 Å². The first-order valence-electron chi connectivity index (χ1n) is 5.53. The molecule has 0 spiro atoms. The normalized spacial score (nSPS) is 12.3. The second-order valence-electron chi connectivity index (χ2n) is 4.05. The maximum Gasteiger partial charge on any atom is 0.326 e. The van der Waals surface area contributed by atoms with Crippen LogP contribution < -0.4 is 5.32 Å². The standard InChI is InChI=1S/C13H13NO3S/c1-8(15)14-11(13(16)17)6-9-7-18-12-5-3-2-4-10(9)12/h2-5,7,11H,6H2,1H3,(H,14,15)(H,16,17)/t11-/m1/s1. The summed E-state index contributed by atoms with van der Waals surface area (Å²) in [5, 5.41) is 14.5. The van der Waals surface area contributed by atoms with Gasteiger partial charge in [0.15, 0.2) is 0 Å². The van der Waals surface area contributed by atoms with Crippen LogP contribution in [0.25, 0.3) is 10.1 Å². The Bertz CT molecular complexity index is 591. The number of amides is 1. The summed E-state index contributed by atoms with van der Waals surface area (Å²) in [7, 11) is 0. The summed E-state index contributed by atoms with van der Waals surface area (Å²) in [5.41, 5.74) is 0.955. The lowest BCUT2D eigenvalue weighted by Gasteiger charge is -2.12. The van der Waals surface area contributed by atoms with Crippen molar-refractivity contribution in [2.75, 3.05) is 0 Å². The highest BCUT2D eigenvalue weighted by molar-refractivity contribution is 7.17. The lowest BCUT2D eigenvalue weighted by atomic mass is 10.1. The van der Waals surface area contributed by atoms with E-state index in [0.717, 1.165) is 15.6 Å². The van der Waals surface area contributed by atoms with Crippen LogP contribution in [0.2, 0.25) is 0 Å². The zero-order valence-corrected chi connectivity index (χ0v) is 10.7. The number of fused-ring (bicyclic) bond motifs is 1. The van der Waals surface area contributed by atoms with Gasteiger partial charge in [0.25, 0.3) is 0 Å². The van der Waals surface area contributed by atoms with Crippen LogP contribution in [-0.2, 0) is 16.0 Å². The fourth-order valence-electron chi connectivity index (χ4n) is 1.86. The Morgan fingerprint density at radius 1 is 1.39 bits per heavy atom. The molecule has 0 unspecified atom stereocenters. The van der Waals surface area contributed by atoms with Crippen molar-refractivity contribution in [1.29, 1.82) is 0 Å². The molecule has 0 fully saturated rings. The van der Waals surface area contributed by atoms with Gasteiger partial charge in [-0.3, -0.25) is 4.79 Å². The van der Waals surface area contributed by atoms with E-state index in [0.29, 0.717) is 6.42 Å². The largest absolute Gasteiger partial charge is 0.480 e. The second-order valence-corrected chi connectivity index (χ2v) is 4.96. The van der Waals surface area contributed by atoms with Crippen molar-refractivity contribution in [2.45, 2.75) is 19.4 Å². The molecule has 1 aromatic heterocycles. The van der Waals surface area contributed by atoms with E-state index in [1.807, 2.05) is 29.6 Å². The molecule has 94 valence electrons. The van der Waals surface area contributed by atoms with Gasteiger partial charge in [-0.25, -0.2) is 4.79 Å². The fraction of sp³-hybridized carbons (Fsp3) is 0.231. The third kappa shape index (κ3) is 2.68. The molecule has 2 rings (SSSR count). The molecule has 0 aliphatic rings. The first-order valence-corrected chi connectivity index (χ1v) is 6.41. The molecule has 0 radical (unpaired) electrons. The summed E-state index contributed by atoms with van der Waals surface area (Å²) in [6.07, 6.45) is 0.304. The zero-order chi connectivity index (χ0) is 13.1. The van der Waals surface area contributed by atoms with Gasteiger partial charge in [0.05, 0.1) is 0 Å². The molecule has 0 saturated carbocycles. The summed E-state index contributed by atoms with van der Waals surface area (Å²) >= 11 is 1.58. The number of aliphatic carboxylic acids is 1. The number of thiophene rings is 1. The lowest BCUT2D eigenvalue weighted by Crippen LogP contribution is -2.41. The van der Waals surface area contributed by atoms with Gasteiger partial charge in [0.2, 0.25) is 5.91 Å². The molecule has 0 aliphatic heterocycles. The minimum absolute atomic E-state index is 0.304. The molecule has 1 aromatic carbocycles. The van der Waals surface area contributed by atoms with E-state index in [1.54, 1.807) is 11.3 Å². The monoisotopic (exact) mass is 263 g/mol. The molecular formula is C13H13NO3S. The molecule has 18 heavy (non-hydrogen) atoms. The minimum atomic E-state index is -1.01. The summed E-state index contributed by atoms with van der Waals surface area (Å²) < 4.78 is 1.12. The van der Waals surface area contributed by atoms with E-state index < -0.39 is 12.0 Å². The number of rotatable bonds is 4. The average Bonchev–Trinajstić information content (AvgIpc) is 2.71. The Labute approximate surface area is 108 Å². The number of hydrogen-bond donors (Lipinski definition) is 2. The predicted octanol–water partition coefficient (Wildman–Crippen LogP) is 2.03. The van der Waals surface area contributed by atoms with Crippen LogP contribution in [0.1, 0.15) is 12.5 Å². The number of carboxylic acids is 1. The van der Waals surface area contributed by atoms with Gasteiger partial charge in [-0.05, 0) is 22.4 Å². The highest BCUT2D eigenvalue weighted by atomic mass is 32.1. The molecule has 0 aliphatic carbocycles. The Kier molecular flexibility index (Phi) is 3.62. The quantitative estimate of drug-likeness (QED) is 0.887. The maximum absolute atomic E-state index is 11.1. The smallest absolute Gasteiger partial charge is 0.326 e. The number of nitrogens with one attached hydrogen (secondary N) is 1. The molecule has 0 bridgehead atoms. The van der Waals surface area contributed by atoms with E-state index in [9.17, 15) is 9.59 Å². The number of carboxylic acid groups (broad SMARTS) is 1. The SMILES string of the molecule is CC(=O)N[C@H](Cc1csc2ccccc12)C(=O)O. The van der Waals surface area contributed by atoms with Crippen molar-refractivity contribution >= 4 is 33.3 Å². The van der Waals surface area contributed by atoms with Gasteiger partial charge < -0.3 is 10.4 Å². The summed E-state index contributed by atoms with van der Waals surface area (Å²) in [6.45, 7) is 1.32. The third-order valence-corrected chi connectivity index (χ3v) is 3.67. The first-order chi connectivity index (χ1) is 8.58. The van der Waals surface area contributed by atoms with Crippen LogP contribution in [0, 0.1) is 0 Å². The third-order valence-electron chi connectivity index (χ3n) is 2.66. The van der Waals surface area contributed by atoms with Crippen LogP contribution in [0.4, 0.5) is 0 Å². The Hall–Kier alpha value is -1.88. The Morgan fingerprint density at radius 3 is 2.78 bits per heavy atom. The summed E-state index contributed by atoms with van der Waals surface area (Å²) in [6, 6.07) is 6.96. The second kappa shape index (κ2) is 5.18. The summed E-state index contributed by atoms with van der Waals surface area (Å²) in [4.78, 5) is 22.1. The lowest BCUT2D eigenvalue weighted by molar-refractivity contribution is -0.141. The van der Waals surface area contributed by atoms with Gasteiger partial charge in [0, 0.05) is 18.0 Å². The minimum Gasteiger partial charge on any atom is -0.480 e. The fourth-order valence-corrected chi connectivity index (χ4v) is 2.83. The number of carbonyl (C=O) groups is 2. The Balaban J connectivity index is 2.26. The highest BCUT2D eigenvalue weighted by Gasteiger charge is 2.20.